The first-order valence-corrected chi connectivity index (χ1v) is 8.53. The average molecular weight is 333 g/mol. The largest absolute Gasteiger partial charge is 0.481 e. The lowest BCUT2D eigenvalue weighted by molar-refractivity contribution is -0.154. The van der Waals surface area contributed by atoms with E-state index in [1.807, 2.05) is 45.0 Å². The van der Waals surface area contributed by atoms with E-state index in [9.17, 15) is 9.59 Å². The average Bonchev–Trinajstić information content (AvgIpc) is 2.52. The van der Waals surface area contributed by atoms with Crippen LogP contribution in [-0.4, -0.2) is 35.7 Å². The van der Waals surface area contributed by atoms with Gasteiger partial charge in [-0.25, -0.2) is 0 Å². The van der Waals surface area contributed by atoms with Gasteiger partial charge in [-0.15, -0.1) is 0 Å². The number of aliphatic carboxylic acids is 1. The molecule has 1 aliphatic heterocycles. The van der Waals surface area contributed by atoms with Gasteiger partial charge < -0.3 is 14.7 Å². The number of hydrogen-bond acceptors (Lipinski definition) is 4. The number of benzene rings is 1. The second kappa shape index (κ2) is 7.69. The molecular weight excluding hydrogens is 306 g/mol. The molecule has 0 atom stereocenters. The maximum Gasteiger partial charge on any atom is 0.306 e. The quantitative estimate of drug-likeness (QED) is 0.838. The molecule has 1 fully saturated rings. The summed E-state index contributed by atoms with van der Waals surface area (Å²) in [5.74, 6) is -1.08. The van der Waals surface area contributed by atoms with Crippen LogP contribution in [0.15, 0.2) is 24.3 Å². The second-order valence-electron chi connectivity index (χ2n) is 7.35. The number of ether oxygens (including phenoxy) is 1. The van der Waals surface area contributed by atoms with E-state index in [0.717, 1.165) is 24.3 Å². The third kappa shape index (κ3) is 5.55. The molecule has 2 rings (SSSR count). The van der Waals surface area contributed by atoms with Crippen molar-refractivity contribution in [3.63, 3.8) is 0 Å². The predicted molar refractivity (Wildman–Crippen MR) is 93.2 cm³/mol. The van der Waals surface area contributed by atoms with Crippen molar-refractivity contribution in [2.75, 3.05) is 18.0 Å². The van der Waals surface area contributed by atoms with Crippen molar-refractivity contribution in [2.45, 2.75) is 52.1 Å². The van der Waals surface area contributed by atoms with Gasteiger partial charge in [0, 0.05) is 25.2 Å². The second-order valence-corrected chi connectivity index (χ2v) is 7.35. The molecule has 0 radical (unpaired) electrons. The summed E-state index contributed by atoms with van der Waals surface area (Å²) < 4.78 is 5.31. The van der Waals surface area contributed by atoms with E-state index in [4.69, 9.17) is 9.84 Å². The molecule has 1 aromatic carbocycles. The summed E-state index contributed by atoms with van der Waals surface area (Å²) in [6.45, 7) is 7.15. The van der Waals surface area contributed by atoms with E-state index in [2.05, 4.69) is 4.90 Å². The lowest BCUT2D eigenvalue weighted by atomic mass is 9.96. The Balaban J connectivity index is 1.83. The Bertz CT molecular complexity index is 566. The predicted octanol–water partition coefficient (Wildman–Crippen LogP) is 3.26. The van der Waals surface area contributed by atoms with Crippen LogP contribution in [0.25, 0.3) is 0 Å². The van der Waals surface area contributed by atoms with Crippen molar-refractivity contribution < 1.29 is 19.4 Å². The smallest absolute Gasteiger partial charge is 0.306 e. The number of carboxylic acid groups (broad SMARTS) is 1. The van der Waals surface area contributed by atoms with Crippen molar-refractivity contribution in [1.29, 1.82) is 0 Å². The zero-order chi connectivity index (χ0) is 17.7. The van der Waals surface area contributed by atoms with Gasteiger partial charge in [0.15, 0.2) is 0 Å². The van der Waals surface area contributed by atoms with Crippen LogP contribution in [-0.2, 0) is 20.7 Å². The monoisotopic (exact) mass is 333 g/mol. The van der Waals surface area contributed by atoms with Gasteiger partial charge in [-0.2, -0.15) is 0 Å². The highest BCUT2D eigenvalue weighted by atomic mass is 16.6. The van der Waals surface area contributed by atoms with Gasteiger partial charge in [0.1, 0.15) is 5.60 Å². The fourth-order valence-corrected chi connectivity index (χ4v) is 2.90. The van der Waals surface area contributed by atoms with Gasteiger partial charge in [-0.3, -0.25) is 9.59 Å². The molecule has 0 bridgehead atoms. The van der Waals surface area contributed by atoms with Gasteiger partial charge in [0.2, 0.25) is 0 Å². The number of esters is 1. The summed E-state index contributed by atoms with van der Waals surface area (Å²) in [6, 6.07) is 8.16. The summed E-state index contributed by atoms with van der Waals surface area (Å²) in [4.78, 5) is 25.0. The number of anilines is 1. The minimum absolute atomic E-state index is 0.178. The van der Waals surface area contributed by atoms with Gasteiger partial charge >= 0.3 is 11.9 Å². The van der Waals surface area contributed by atoms with Crippen molar-refractivity contribution in [3.8, 4) is 0 Å². The van der Waals surface area contributed by atoms with Gasteiger partial charge in [0.05, 0.1) is 5.92 Å². The van der Waals surface area contributed by atoms with Crippen molar-refractivity contribution in [1.82, 2.24) is 0 Å². The van der Waals surface area contributed by atoms with Crippen molar-refractivity contribution >= 4 is 17.6 Å². The van der Waals surface area contributed by atoms with E-state index in [-0.39, 0.29) is 11.9 Å². The molecule has 0 saturated carbocycles. The number of nitrogens with zero attached hydrogens (tertiary/aromatic N) is 1. The molecule has 0 aromatic heterocycles. The highest BCUT2D eigenvalue weighted by Crippen LogP contribution is 2.24. The number of carbonyl (C=O) groups excluding carboxylic acids is 1. The number of rotatable bonds is 5. The third-order valence-electron chi connectivity index (χ3n) is 4.18. The van der Waals surface area contributed by atoms with Gasteiger partial charge in [-0.05, 0) is 57.7 Å². The molecule has 1 heterocycles. The topological polar surface area (TPSA) is 66.8 Å². The molecule has 1 saturated heterocycles. The molecule has 0 amide bonds. The van der Waals surface area contributed by atoms with Crippen LogP contribution >= 0.6 is 0 Å². The molecule has 5 nitrogen and oxygen atoms in total. The summed E-state index contributed by atoms with van der Waals surface area (Å²) in [5, 5.41) is 9.05. The minimum Gasteiger partial charge on any atom is -0.481 e. The lowest BCUT2D eigenvalue weighted by Gasteiger charge is -2.32. The number of carboxylic acids is 1. The van der Waals surface area contributed by atoms with Crippen molar-refractivity contribution in [2.24, 2.45) is 5.92 Å². The van der Waals surface area contributed by atoms with Crippen LogP contribution in [0.4, 0.5) is 5.69 Å². The summed E-state index contributed by atoms with van der Waals surface area (Å²) in [6.07, 6.45) is 2.42. The highest BCUT2D eigenvalue weighted by Gasteiger charge is 2.24. The fourth-order valence-electron chi connectivity index (χ4n) is 2.90. The molecule has 0 spiro atoms. The van der Waals surface area contributed by atoms with E-state index < -0.39 is 11.6 Å². The Morgan fingerprint density at radius 2 is 1.75 bits per heavy atom. The molecule has 0 aliphatic carbocycles. The van der Waals surface area contributed by atoms with E-state index >= 15 is 0 Å². The first kappa shape index (κ1) is 18.3. The minimum atomic E-state index is -0.688. The normalized spacial score (nSPS) is 16.0. The van der Waals surface area contributed by atoms with Gasteiger partial charge in [0.25, 0.3) is 0 Å². The van der Waals surface area contributed by atoms with E-state index in [1.165, 1.54) is 0 Å². The molecule has 1 N–H and O–H groups in total. The van der Waals surface area contributed by atoms with Gasteiger partial charge in [-0.1, -0.05) is 12.1 Å². The summed E-state index contributed by atoms with van der Waals surface area (Å²) >= 11 is 0. The summed E-state index contributed by atoms with van der Waals surface area (Å²) in [7, 11) is 0. The number of piperidine rings is 1. The Morgan fingerprint density at radius 1 is 1.17 bits per heavy atom. The Labute approximate surface area is 143 Å². The Morgan fingerprint density at radius 3 is 2.25 bits per heavy atom. The maximum atomic E-state index is 11.8. The van der Waals surface area contributed by atoms with Crippen LogP contribution in [0.5, 0.6) is 0 Å². The number of carbonyl (C=O) groups is 2. The first-order chi connectivity index (χ1) is 11.2. The number of hydrogen-bond donors (Lipinski definition) is 1. The van der Waals surface area contributed by atoms with Crippen LogP contribution in [0, 0.1) is 5.92 Å². The highest BCUT2D eigenvalue weighted by molar-refractivity contribution is 5.71. The maximum absolute atomic E-state index is 11.8. The SMILES string of the molecule is CC(C)(C)OC(=O)CCc1ccc(N2CCC(C(=O)O)CC2)cc1. The molecule has 1 aliphatic rings. The van der Waals surface area contributed by atoms with E-state index in [1.54, 1.807) is 0 Å². The fraction of sp³-hybridized carbons (Fsp3) is 0.579. The Kier molecular flexibility index (Phi) is 5.86. The van der Waals surface area contributed by atoms with Crippen LogP contribution < -0.4 is 4.90 Å². The van der Waals surface area contributed by atoms with Crippen molar-refractivity contribution in [3.05, 3.63) is 29.8 Å². The zero-order valence-electron chi connectivity index (χ0n) is 14.7. The molecule has 24 heavy (non-hydrogen) atoms. The third-order valence-corrected chi connectivity index (χ3v) is 4.18. The number of aryl methyl sites for hydroxylation is 1. The Hall–Kier alpha value is -2.04. The standard InChI is InChI=1S/C19H27NO4/c1-19(2,3)24-17(21)9-6-14-4-7-16(8-5-14)20-12-10-15(11-13-20)18(22)23/h4-5,7-8,15H,6,9-13H2,1-3H3,(H,22,23). The molecular formula is C19H27NO4. The molecule has 0 unspecified atom stereocenters. The van der Waals surface area contributed by atoms with Crippen LogP contribution in [0.3, 0.4) is 0 Å². The zero-order valence-corrected chi connectivity index (χ0v) is 14.7. The molecule has 132 valence electrons. The van der Waals surface area contributed by atoms with E-state index in [0.29, 0.717) is 25.7 Å². The van der Waals surface area contributed by atoms with Crippen LogP contribution in [0.1, 0.15) is 45.6 Å². The lowest BCUT2D eigenvalue weighted by Crippen LogP contribution is -2.36. The molecule has 5 heteroatoms. The first-order valence-electron chi connectivity index (χ1n) is 8.53. The van der Waals surface area contributed by atoms with Crippen LogP contribution in [0.2, 0.25) is 0 Å². The summed E-state index contributed by atoms with van der Waals surface area (Å²) in [5.41, 5.74) is 1.77. The molecule has 1 aromatic rings.